The molecule has 0 amide bonds. The molecule has 2 heteroatoms. The molecule has 2 aromatic heterocycles. The standard InChI is InChI=1S/C35H38NO/c1-22(2)20-35(21-34(4,5)6)28-13-9-8-12-24(28)26-19-31-27(18-29(26)35)25-16-15-23(3)32(33(25)37-31)30-14-10-11-17-36(30)7/h8-19,22H,20-21H2,1-7H3/q+1. The van der Waals surface area contributed by atoms with Crippen molar-refractivity contribution in [3.05, 3.63) is 89.6 Å². The van der Waals surface area contributed by atoms with Crippen molar-refractivity contribution in [3.63, 3.8) is 0 Å². The van der Waals surface area contributed by atoms with Crippen molar-refractivity contribution in [2.24, 2.45) is 18.4 Å². The van der Waals surface area contributed by atoms with Crippen LogP contribution in [0, 0.1) is 18.3 Å². The van der Waals surface area contributed by atoms with Crippen molar-refractivity contribution in [2.45, 2.75) is 59.8 Å². The molecule has 2 nitrogen and oxygen atoms in total. The number of nitrogens with zero attached hydrogens (tertiary/aromatic N) is 1. The number of hydrogen-bond donors (Lipinski definition) is 0. The summed E-state index contributed by atoms with van der Waals surface area (Å²) in [4.78, 5) is 0. The second-order valence-corrected chi connectivity index (χ2v) is 12.8. The number of fused-ring (bicyclic) bond motifs is 6. The molecule has 37 heavy (non-hydrogen) atoms. The fourth-order valence-corrected chi connectivity index (χ4v) is 7.07. The summed E-state index contributed by atoms with van der Waals surface area (Å²) in [6.45, 7) is 14.1. The van der Waals surface area contributed by atoms with E-state index in [9.17, 15) is 0 Å². The van der Waals surface area contributed by atoms with E-state index in [0.717, 1.165) is 24.0 Å². The zero-order valence-corrected chi connectivity index (χ0v) is 23.3. The largest absolute Gasteiger partial charge is 0.455 e. The number of aromatic nitrogens is 1. The average molecular weight is 489 g/mol. The summed E-state index contributed by atoms with van der Waals surface area (Å²) >= 11 is 0. The Bertz CT molecular complexity index is 1660. The molecule has 5 aromatic rings. The van der Waals surface area contributed by atoms with Gasteiger partial charge in [-0.1, -0.05) is 71.0 Å². The third kappa shape index (κ3) is 3.72. The number of aryl methyl sites for hydroxylation is 2. The van der Waals surface area contributed by atoms with Gasteiger partial charge < -0.3 is 4.42 Å². The second-order valence-electron chi connectivity index (χ2n) is 12.8. The van der Waals surface area contributed by atoms with Crippen LogP contribution < -0.4 is 4.57 Å². The predicted octanol–water partition coefficient (Wildman–Crippen LogP) is 9.13. The van der Waals surface area contributed by atoms with E-state index >= 15 is 0 Å². The van der Waals surface area contributed by atoms with Crippen LogP contribution in [0.2, 0.25) is 0 Å². The minimum atomic E-state index is -0.00444. The minimum absolute atomic E-state index is 0.00444. The molecule has 0 saturated carbocycles. The van der Waals surface area contributed by atoms with E-state index in [1.807, 2.05) is 0 Å². The molecular formula is C35H38NO+. The molecule has 2 heterocycles. The summed E-state index contributed by atoms with van der Waals surface area (Å²) in [5.74, 6) is 0.588. The van der Waals surface area contributed by atoms with Crippen LogP contribution in [-0.2, 0) is 12.5 Å². The summed E-state index contributed by atoms with van der Waals surface area (Å²) in [6.07, 6.45) is 4.36. The average Bonchev–Trinajstić information content (AvgIpc) is 3.30. The van der Waals surface area contributed by atoms with E-state index in [4.69, 9.17) is 4.42 Å². The fourth-order valence-electron chi connectivity index (χ4n) is 7.07. The van der Waals surface area contributed by atoms with Crippen LogP contribution in [0.1, 0.15) is 64.2 Å². The molecule has 1 aliphatic rings. The van der Waals surface area contributed by atoms with Crippen LogP contribution in [0.25, 0.3) is 44.3 Å². The first kappa shape index (κ1) is 24.0. The first-order valence-corrected chi connectivity index (χ1v) is 13.6. The molecule has 3 aromatic carbocycles. The molecule has 0 saturated heterocycles. The molecule has 1 atom stereocenters. The highest BCUT2D eigenvalue weighted by Crippen LogP contribution is 2.57. The lowest BCUT2D eigenvalue weighted by Crippen LogP contribution is -2.32. The molecule has 0 aliphatic heterocycles. The number of hydrogen-bond acceptors (Lipinski definition) is 1. The normalized spacial score (nSPS) is 17.1. The van der Waals surface area contributed by atoms with Crippen LogP contribution in [-0.4, -0.2) is 0 Å². The molecule has 0 spiro atoms. The first-order valence-electron chi connectivity index (χ1n) is 13.6. The molecule has 6 rings (SSSR count). The van der Waals surface area contributed by atoms with Crippen LogP contribution in [0.3, 0.4) is 0 Å². The Labute approximate surface area is 221 Å². The molecule has 0 radical (unpaired) electrons. The van der Waals surface area contributed by atoms with Gasteiger partial charge in [-0.25, -0.2) is 4.57 Å². The zero-order chi connectivity index (χ0) is 26.1. The van der Waals surface area contributed by atoms with E-state index in [2.05, 4.69) is 126 Å². The lowest BCUT2D eigenvalue weighted by atomic mass is 9.64. The SMILES string of the molecule is Cc1ccc2c(oc3cc4c(cc32)C(CC(C)C)(CC(C)(C)C)c2ccccc2-4)c1-c1cccc[n+]1C. The summed E-state index contributed by atoms with van der Waals surface area (Å²) in [6, 6.07) is 24.8. The maximum Gasteiger partial charge on any atom is 0.216 e. The lowest BCUT2D eigenvalue weighted by Gasteiger charge is -2.39. The number of rotatable bonds is 4. The van der Waals surface area contributed by atoms with Crippen molar-refractivity contribution in [2.75, 3.05) is 0 Å². The summed E-state index contributed by atoms with van der Waals surface area (Å²) in [5.41, 5.74) is 11.4. The van der Waals surface area contributed by atoms with Gasteiger partial charge in [0.2, 0.25) is 5.69 Å². The highest BCUT2D eigenvalue weighted by Gasteiger charge is 2.46. The number of pyridine rings is 1. The molecule has 0 bridgehead atoms. The highest BCUT2D eigenvalue weighted by molar-refractivity contribution is 6.11. The van der Waals surface area contributed by atoms with Gasteiger partial charge >= 0.3 is 0 Å². The first-order chi connectivity index (χ1) is 17.6. The van der Waals surface area contributed by atoms with E-state index in [1.54, 1.807) is 0 Å². The molecule has 0 fully saturated rings. The third-order valence-corrected chi connectivity index (χ3v) is 8.14. The van der Waals surface area contributed by atoms with Crippen molar-refractivity contribution in [1.29, 1.82) is 0 Å². The summed E-state index contributed by atoms with van der Waals surface area (Å²) < 4.78 is 8.93. The summed E-state index contributed by atoms with van der Waals surface area (Å²) in [7, 11) is 2.11. The van der Waals surface area contributed by atoms with Crippen molar-refractivity contribution < 1.29 is 8.98 Å². The Morgan fingerprint density at radius 3 is 2.35 bits per heavy atom. The quantitative estimate of drug-likeness (QED) is 0.230. The molecule has 0 N–H and O–H groups in total. The predicted molar refractivity (Wildman–Crippen MR) is 155 cm³/mol. The van der Waals surface area contributed by atoms with Crippen LogP contribution in [0.15, 0.2) is 77.3 Å². The fraction of sp³-hybridized carbons (Fsp3) is 0.343. The van der Waals surface area contributed by atoms with Crippen molar-refractivity contribution in [3.8, 4) is 22.4 Å². The third-order valence-electron chi connectivity index (χ3n) is 8.14. The highest BCUT2D eigenvalue weighted by atomic mass is 16.3. The number of benzene rings is 3. The smallest absolute Gasteiger partial charge is 0.216 e. The Kier molecular flexibility index (Phi) is 5.39. The van der Waals surface area contributed by atoms with E-state index in [0.29, 0.717) is 5.92 Å². The number of furan rings is 1. The van der Waals surface area contributed by atoms with E-state index in [1.165, 1.54) is 49.8 Å². The molecule has 1 aliphatic carbocycles. The minimum Gasteiger partial charge on any atom is -0.455 e. The van der Waals surface area contributed by atoms with Gasteiger partial charge in [0.25, 0.3) is 0 Å². The van der Waals surface area contributed by atoms with Gasteiger partial charge in [-0.15, -0.1) is 0 Å². The van der Waals surface area contributed by atoms with Crippen LogP contribution in [0.4, 0.5) is 0 Å². The van der Waals surface area contributed by atoms with Gasteiger partial charge in [-0.2, -0.15) is 0 Å². The monoisotopic (exact) mass is 488 g/mol. The van der Waals surface area contributed by atoms with Gasteiger partial charge in [-0.3, -0.25) is 0 Å². The maximum atomic E-state index is 6.75. The van der Waals surface area contributed by atoms with E-state index in [-0.39, 0.29) is 10.8 Å². The topological polar surface area (TPSA) is 17.0 Å². The van der Waals surface area contributed by atoms with Gasteiger partial charge in [0.15, 0.2) is 6.20 Å². The lowest BCUT2D eigenvalue weighted by molar-refractivity contribution is -0.660. The Morgan fingerprint density at radius 1 is 0.865 bits per heavy atom. The Morgan fingerprint density at radius 2 is 1.62 bits per heavy atom. The van der Waals surface area contributed by atoms with Gasteiger partial charge in [0, 0.05) is 28.3 Å². The second kappa shape index (κ2) is 8.31. The molecular weight excluding hydrogens is 450 g/mol. The van der Waals surface area contributed by atoms with E-state index < -0.39 is 0 Å². The van der Waals surface area contributed by atoms with Crippen LogP contribution in [0.5, 0.6) is 0 Å². The van der Waals surface area contributed by atoms with Crippen LogP contribution >= 0.6 is 0 Å². The van der Waals surface area contributed by atoms with Crippen molar-refractivity contribution >= 4 is 21.9 Å². The van der Waals surface area contributed by atoms with Gasteiger partial charge in [0.1, 0.15) is 18.2 Å². The Balaban J connectivity index is 1.69. The maximum absolute atomic E-state index is 6.75. The molecule has 1 unspecified atom stereocenters. The Hall–Kier alpha value is -3.39. The van der Waals surface area contributed by atoms with Crippen molar-refractivity contribution in [1.82, 2.24) is 0 Å². The zero-order valence-electron chi connectivity index (χ0n) is 23.3. The molecule has 188 valence electrons. The van der Waals surface area contributed by atoms with Gasteiger partial charge in [-0.05, 0) is 77.1 Å². The summed E-state index contributed by atoms with van der Waals surface area (Å²) in [5, 5.41) is 2.43. The van der Waals surface area contributed by atoms with Gasteiger partial charge in [0.05, 0.1) is 5.56 Å².